The number of hydrogen-bond acceptors (Lipinski definition) is 6. The minimum Gasteiger partial charge on any atom is -0.426 e. The molecule has 0 heterocycles. The highest BCUT2D eigenvalue weighted by atomic mass is 32.2. The molecule has 0 fully saturated rings. The summed E-state index contributed by atoms with van der Waals surface area (Å²) in [6.07, 6.45) is -0.887. The van der Waals surface area contributed by atoms with Crippen LogP contribution in [-0.4, -0.2) is 36.4 Å². The van der Waals surface area contributed by atoms with Crippen LogP contribution < -0.4 is 14.8 Å². The van der Waals surface area contributed by atoms with Gasteiger partial charge < -0.3 is 19.8 Å². The summed E-state index contributed by atoms with van der Waals surface area (Å²) in [5.74, 6) is -1.15. The Labute approximate surface area is 179 Å². The second-order valence-corrected chi connectivity index (χ2v) is 10.9. The summed E-state index contributed by atoms with van der Waals surface area (Å²) in [6.45, 7) is 5.06. The Bertz CT molecular complexity index is 1120. The third kappa shape index (κ3) is 7.18. The van der Waals surface area contributed by atoms with Gasteiger partial charge in [-0.05, 0) is 57.2 Å². The highest BCUT2D eigenvalue weighted by molar-refractivity contribution is 7.92. The zero-order valence-electron chi connectivity index (χ0n) is 17.0. The van der Waals surface area contributed by atoms with Gasteiger partial charge in [-0.3, -0.25) is 18.9 Å². The predicted molar refractivity (Wildman–Crippen MR) is 113 cm³/mol. The maximum absolute atomic E-state index is 12.7. The van der Waals surface area contributed by atoms with Gasteiger partial charge in [0.05, 0.1) is 21.6 Å². The number of carbonyl (C=O) groups is 2. The number of benzene rings is 2. The highest BCUT2D eigenvalue weighted by Crippen LogP contribution is 2.32. The van der Waals surface area contributed by atoms with Gasteiger partial charge in [-0.25, -0.2) is 8.42 Å². The van der Waals surface area contributed by atoms with Gasteiger partial charge >= 0.3 is 13.6 Å². The van der Waals surface area contributed by atoms with Crippen LogP contribution in [0.4, 0.5) is 5.69 Å². The quantitative estimate of drug-likeness (QED) is 0.272. The van der Waals surface area contributed by atoms with E-state index in [9.17, 15) is 22.6 Å². The number of hydrogen-bond donors (Lipinski definition) is 4. The van der Waals surface area contributed by atoms with E-state index in [4.69, 9.17) is 14.5 Å². The van der Waals surface area contributed by atoms with Crippen LogP contribution >= 0.6 is 7.60 Å². The molecule has 0 aliphatic heterocycles. The number of amides is 1. The molecule has 0 radical (unpaired) electrons. The zero-order chi connectivity index (χ0) is 23.4. The average molecular weight is 470 g/mol. The lowest BCUT2D eigenvalue weighted by Crippen LogP contribution is -2.26. The van der Waals surface area contributed by atoms with Crippen LogP contribution in [0.3, 0.4) is 0 Å². The van der Waals surface area contributed by atoms with Crippen molar-refractivity contribution < 1.29 is 37.1 Å². The summed E-state index contributed by atoms with van der Waals surface area (Å²) >= 11 is 0. The summed E-state index contributed by atoms with van der Waals surface area (Å²) < 4.78 is 43.8. The predicted octanol–water partition coefficient (Wildman–Crippen LogP) is 2.30. The van der Waals surface area contributed by atoms with E-state index < -0.39 is 41.2 Å². The monoisotopic (exact) mass is 470 g/mol. The van der Waals surface area contributed by atoms with Crippen molar-refractivity contribution in [2.24, 2.45) is 5.41 Å². The molecule has 0 saturated carbocycles. The number of ether oxygens (including phenoxy) is 1. The molecule has 4 N–H and O–H groups in total. The Hall–Kier alpha value is -2.72. The first kappa shape index (κ1) is 24.5. The normalized spacial score (nSPS) is 12.2. The van der Waals surface area contributed by atoms with Crippen LogP contribution in [-0.2, 0) is 19.4 Å². The topological polar surface area (TPSA) is 159 Å². The summed E-state index contributed by atoms with van der Waals surface area (Å²) in [5.41, 5.74) is -0.916. The Morgan fingerprint density at radius 1 is 1.03 bits per heavy atom. The lowest BCUT2D eigenvalue weighted by atomic mass is 9.97. The Morgan fingerprint density at radius 3 is 2.16 bits per heavy atom. The molecule has 0 aliphatic carbocycles. The standard InChI is InChI=1S/C19H23N2O8PS/c1-19(2,3)18(23)29-13-8-10-14(11-9-13)31(27,28)21-16-7-5-4-6-15(16)17(22)20-12-30(24,25)26/h4-11,21H,12H2,1-3H3,(H,20,22)(H2,24,25,26). The molecule has 0 aliphatic rings. The van der Waals surface area contributed by atoms with Gasteiger partial charge in [-0.2, -0.15) is 0 Å². The Kier molecular flexibility index (Phi) is 7.28. The molecule has 0 aromatic heterocycles. The second-order valence-electron chi connectivity index (χ2n) is 7.59. The SMILES string of the molecule is CC(C)(C)C(=O)Oc1ccc(S(=O)(=O)Nc2ccccc2C(=O)NCP(=O)(O)O)cc1. The van der Waals surface area contributed by atoms with Crippen LogP contribution in [0.5, 0.6) is 5.75 Å². The molecule has 168 valence electrons. The maximum Gasteiger partial charge on any atom is 0.344 e. The second kappa shape index (κ2) is 9.19. The fourth-order valence-corrected chi connectivity index (χ4v) is 3.62. The van der Waals surface area contributed by atoms with Crippen LogP contribution in [0.1, 0.15) is 31.1 Å². The van der Waals surface area contributed by atoms with Crippen LogP contribution in [0.25, 0.3) is 0 Å². The molecule has 12 heteroatoms. The maximum atomic E-state index is 12.7. The van der Waals surface area contributed by atoms with E-state index in [2.05, 4.69) is 10.0 Å². The largest absolute Gasteiger partial charge is 0.426 e. The van der Waals surface area contributed by atoms with Crippen molar-refractivity contribution in [1.82, 2.24) is 5.32 Å². The van der Waals surface area contributed by atoms with E-state index in [1.807, 2.05) is 0 Å². The fraction of sp³-hybridized carbons (Fsp3) is 0.263. The number of esters is 1. The smallest absolute Gasteiger partial charge is 0.344 e. The average Bonchev–Trinajstić information content (AvgIpc) is 2.65. The first-order valence-corrected chi connectivity index (χ1v) is 12.2. The Balaban J connectivity index is 2.20. The van der Waals surface area contributed by atoms with Crippen molar-refractivity contribution in [3.63, 3.8) is 0 Å². The van der Waals surface area contributed by atoms with Crippen molar-refractivity contribution in [3.05, 3.63) is 54.1 Å². The number of rotatable bonds is 7. The van der Waals surface area contributed by atoms with E-state index in [-0.39, 0.29) is 21.9 Å². The zero-order valence-corrected chi connectivity index (χ0v) is 18.7. The van der Waals surface area contributed by atoms with E-state index in [1.54, 1.807) is 20.8 Å². The third-order valence-electron chi connectivity index (χ3n) is 3.82. The van der Waals surface area contributed by atoms with Crippen molar-refractivity contribution in [3.8, 4) is 5.75 Å². The molecule has 31 heavy (non-hydrogen) atoms. The lowest BCUT2D eigenvalue weighted by molar-refractivity contribution is -0.143. The van der Waals surface area contributed by atoms with Gasteiger partial charge in [0, 0.05) is 0 Å². The van der Waals surface area contributed by atoms with Gasteiger partial charge in [0.2, 0.25) is 0 Å². The van der Waals surface area contributed by atoms with Gasteiger partial charge in [0.25, 0.3) is 15.9 Å². The van der Waals surface area contributed by atoms with Crippen molar-refractivity contribution in [2.75, 3.05) is 11.0 Å². The number of para-hydroxylation sites is 1. The molecular formula is C19H23N2O8PS. The van der Waals surface area contributed by atoms with Gasteiger partial charge in [-0.1, -0.05) is 12.1 Å². The van der Waals surface area contributed by atoms with Gasteiger partial charge in [-0.15, -0.1) is 0 Å². The minimum atomic E-state index is -4.48. The molecule has 2 rings (SSSR count). The van der Waals surface area contributed by atoms with Crippen molar-refractivity contribution in [2.45, 2.75) is 25.7 Å². The van der Waals surface area contributed by atoms with E-state index in [0.717, 1.165) is 0 Å². The molecule has 1 amide bonds. The Morgan fingerprint density at radius 2 is 1.61 bits per heavy atom. The third-order valence-corrected chi connectivity index (χ3v) is 5.77. The molecule has 2 aromatic rings. The number of nitrogens with one attached hydrogen (secondary N) is 2. The molecular weight excluding hydrogens is 447 g/mol. The minimum absolute atomic E-state index is 0.0750. The van der Waals surface area contributed by atoms with Crippen molar-refractivity contribution in [1.29, 1.82) is 0 Å². The molecule has 0 saturated heterocycles. The van der Waals surface area contributed by atoms with E-state index in [1.165, 1.54) is 48.5 Å². The van der Waals surface area contributed by atoms with Gasteiger partial charge in [0.15, 0.2) is 0 Å². The van der Waals surface area contributed by atoms with E-state index >= 15 is 0 Å². The first-order valence-electron chi connectivity index (χ1n) is 8.96. The summed E-state index contributed by atoms with van der Waals surface area (Å²) in [5, 5.41) is 2.06. The molecule has 0 unspecified atom stereocenters. The number of carbonyl (C=O) groups excluding carboxylic acids is 2. The highest BCUT2D eigenvalue weighted by Gasteiger charge is 2.24. The summed E-state index contributed by atoms with van der Waals surface area (Å²) in [6, 6.07) is 10.8. The number of anilines is 1. The van der Waals surface area contributed by atoms with Crippen LogP contribution in [0, 0.1) is 5.41 Å². The molecule has 0 spiro atoms. The summed E-state index contributed by atoms with van der Waals surface area (Å²) in [4.78, 5) is 41.8. The molecule has 0 atom stereocenters. The molecule has 10 nitrogen and oxygen atoms in total. The van der Waals surface area contributed by atoms with Crippen LogP contribution in [0.2, 0.25) is 0 Å². The first-order chi connectivity index (χ1) is 14.2. The van der Waals surface area contributed by atoms with Gasteiger partial charge in [0.1, 0.15) is 12.0 Å². The van der Waals surface area contributed by atoms with Crippen LogP contribution in [0.15, 0.2) is 53.4 Å². The van der Waals surface area contributed by atoms with E-state index in [0.29, 0.717) is 0 Å². The van der Waals surface area contributed by atoms with Crippen molar-refractivity contribution >= 4 is 35.2 Å². The fourth-order valence-electron chi connectivity index (χ4n) is 2.19. The lowest BCUT2D eigenvalue weighted by Gasteiger charge is -2.16. The summed E-state index contributed by atoms with van der Waals surface area (Å²) in [7, 11) is -8.59. The molecule has 2 aromatic carbocycles. The molecule has 0 bridgehead atoms. The number of sulfonamides is 1.